The van der Waals surface area contributed by atoms with Crippen LogP contribution in [0, 0.1) is 26.7 Å². The molecule has 108 valence electrons. The molecule has 1 aromatic rings. The van der Waals surface area contributed by atoms with Crippen molar-refractivity contribution in [3.8, 4) is 0 Å². The van der Waals surface area contributed by atoms with Gasteiger partial charge in [0.25, 0.3) is 0 Å². The highest BCUT2D eigenvalue weighted by atomic mass is 14.9. The summed E-state index contributed by atoms with van der Waals surface area (Å²) >= 11 is 0. The molecule has 1 rings (SSSR count). The van der Waals surface area contributed by atoms with Gasteiger partial charge in [0.05, 0.1) is 0 Å². The number of nitrogens with one attached hydrogen (secondary N) is 1. The minimum Gasteiger partial charge on any atom is -0.310 e. The van der Waals surface area contributed by atoms with Gasteiger partial charge in [-0.2, -0.15) is 0 Å². The van der Waals surface area contributed by atoms with E-state index in [9.17, 15) is 0 Å². The fraction of sp³-hybridized carbons (Fsp3) is 0.667. The summed E-state index contributed by atoms with van der Waals surface area (Å²) in [6.07, 6.45) is 3.69. The number of aryl methyl sites for hydroxylation is 3. The van der Waals surface area contributed by atoms with Gasteiger partial charge in [0.2, 0.25) is 0 Å². The van der Waals surface area contributed by atoms with E-state index in [1.54, 1.807) is 0 Å². The van der Waals surface area contributed by atoms with Crippen LogP contribution in [0.4, 0.5) is 0 Å². The number of hydrogen-bond donors (Lipinski definition) is 1. The fourth-order valence-electron chi connectivity index (χ4n) is 2.57. The van der Waals surface area contributed by atoms with Crippen molar-refractivity contribution >= 4 is 0 Å². The molecule has 1 aromatic carbocycles. The average Bonchev–Trinajstić information content (AvgIpc) is 2.38. The molecular formula is C18H31N. The summed E-state index contributed by atoms with van der Waals surface area (Å²) in [4.78, 5) is 0. The highest BCUT2D eigenvalue weighted by Crippen LogP contribution is 2.27. The Balaban J connectivity index is 2.98. The maximum Gasteiger partial charge on any atom is 0.0325 e. The molecule has 0 aromatic heterocycles. The molecule has 0 fully saturated rings. The Labute approximate surface area is 119 Å². The molecule has 0 aliphatic rings. The van der Waals surface area contributed by atoms with Crippen LogP contribution in [0.5, 0.6) is 0 Å². The van der Waals surface area contributed by atoms with Crippen molar-refractivity contribution < 1.29 is 0 Å². The maximum atomic E-state index is 3.74. The first kappa shape index (κ1) is 16.2. The van der Waals surface area contributed by atoms with Crippen LogP contribution in [0.25, 0.3) is 0 Å². The molecule has 19 heavy (non-hydrogen) atoms. The number of rotatable bonds is 7. The fourth-order valence-corrected chi connectivity index (χ4v) is 2.57. The van der Waals surface area contributed by atoms with Gasteiger partial charge in [-0.25, -0.2) is 0 Å². The minimum atomic E-state index is 0.509. The Morgan fingerprint density at radius 1 is 1.00 bits per heavy atom. The van der Waals surface area contributed by atoms with Gasteiger partial charge in [0, 0.05) is 6.04 Å². The predicted molar refractivity (Wildman–Crippen MR) is 85.8 cm³/mol. The van der Waals surface area contributed by atoms with Crippen LogP contribution in [-0.2, 0) is 0 Å². The van der Waals surface area contributed by atoms with Gasteiger partial charge in [-0.3, -0.25) is 0 Å². The van der Waals surface area contributed by atoms with E-state index in [0.717, 1.165) is 12.5 Å². The minimum absolute atomic E-state index is 0.509. The summed E-state index contributed by atoms with van der Waals surface area (Å²) in [6.45, 7) is 14.7. The van der Waals surface area contributed by atoms with Gasteiger partial charge in [0.1, 0.15) is 0 Å². The van der Waals surface area contributed by atoms with Gasteiger partial charge >= 0.3 is 0 Å². The third-order valence-electron chi connectivity index (χ3n) is 4.23. The van der Waals surface area contributed by atoms with Gasteiger partial charge in [-0.15, -0.1) is 0 Å². The predicted octanol–water partition coefficient (Wildman–Crippen LogP) is 5.09. The summed E-state index contributed by atoms with van der Waals surface area (Å²) in [5.41, 5.74) is 5.74. The van der Waals surface area contributed by atoms with Gasteiger partial charge in [-0.05, 0) is 68.3 Å². The molecule has 0 spiro atoms. The van der Waals surface area contributed by atoms with E-state index in [1.165, 1.54) is 41.5 Å². The van der Waals surface area contributed by atoms with E-state index in [4.69, 9.17) is 0 Å². The average molecular weight is 261 g/mol. The van der Waals surface area contributed by atoms with E-state index >= 15 is 0 Å². The van der Waals surface area contributed by atoms with Crippen molar-refractivity contribution in [3.63, 3.8) is 0 Å². The summed E-state index contributed by atoms with van der Waals surface area (Å²) in [5, 5.41) is 3.74. The third-order valence-corrected chi connectivity index (χ3v) is 4.23. The van der Waals surface area contributed by atoms with E-state index < -0.39 is 0 Å². The van der Waals surface area contributed by atoms with Crippen LogP contribution in [0.3, 0.4) is 0 Å². The summed E-state index contributed by atoms with van der Waals surface area (Å²) < 4.78 is 0. The van der Waals surface area contributed by atoms with Crippen molar-refractivity contribution in [1.29, 1.82) is 0 Å². The van der Waals surface area contributed by atoms with Crippen molar-refractivity contribution in [3.05, 3.63) is 34.4 Å². The standard InChI is InChI=1S/C18H31N/c1-7-9-19-18(10-13(3)8-2)17-12-15(5)14(4)11-16(17)6/h11-13,18-19H,7-10H2,1-6H3. The molecule has 0 aliphatic heterocycles. The van der Waals surface area contributed by atoms with E-state index in [0.29, 0.717) is 6.04 Å². The molecule has 0 bridgehead atoms. The van der Waals surface area contributed by atoms with E-state index in [1.807, 2.05) is 0 Å². The van der Waals surface area contributed by atoms with Crippen molar-refractivity contribution in [2.24, 2.45) is 5.92 Å². The van der Waals surface area contributed by atoms with Crippen LogP contribution in [-0.4, -0.2) is 6.54 Å². The Morgan fingerprint density at radius 3 is 2.21 bits per heavy atom. The Hall–Kier alpha value is -0.820. The van der Waals surface area contributed by atoms with E-state index in [-0.39, 0.29) is 0 Å². The highest BCUT2D eigenvalue weighted by molar-refractivity contribution is 5.38. The lowest BCUT2D eigenvalue weighted by atomic mass is 9.89. The van der Waals surface area contributed by atoms with Gasteiger partial charge in [-0.1, -0.05) is 39.3 Å². The SMILES string of the molecule is CCCNC(CC(C)CC)c1cc(C)c(C)cc1C. The number of hydrogen-bond acceptors (Lipinski definition) is 1. The summed E-state index contributed by atoms with van der Waals surface area (Å²) in [6, 6.07) is 5.23. The smallest absolute Gasteiger partial charge is 0.0325 e. The molecule has 0 radical (unpaired) electrons. The first-order chi connectivity index (χ1) is 8.99. The normalized spacial score (nSPS) is 14.4. The lowest BCUT2D eigenvalue weighted by Gasteiger charge is -2.24. The van der Waals surface area contributed by atoms with Gasteiger partial charge < -0.3 is 5.32 Å². The second-order valence-electron chi connectivity index (χ2n) is 6.05. The molecule has 1 nitrogen and oxygen atoms in total. The molecule has 1 N–H and O–H groups in total. The third kappa shape index (κ3) is 4.65. The van der Waals surface area contributed by atoms with Crippen LogP contribution >= 0.6 is 0 Å². The summed E-state index contributed by atoms with van der Waals surface area (Å²) in [5.74, 6) is 0.773. The first-order valence-electron chi connectivity index (χ1n) is 7.80. The first-order valence-corrected chi connectivity index (χ1v) is 7.80. The Bertz CT molecular complexity index is 395. The zero-order valence-electron chi connectivity index (χ0n) is 13.6. The lowest BCUT2D eigenvalue weighted by molar-refractivity contribution is 0.401. The maximum absolute atomic E-state index is 3.74. The lowest BCUT2D eigenvalue weighted by Crippen LogP contribution is -2.25. The Kier molecular flexibility index (Phi) is 6.57. The van der Waals surface area contributed by atoms with Crippen LogP contribution in [0.1, 0.15) is 68.3 Å². The summed E-state index contributed by atoms with van der Waals surface area (Å²) in [7, 11) is 0. The zero-order valence-corrected chi connectivity index (χ0v) is 13.6. The molecular weight excluding hydrogens is 230 g/mol. The second-order valence-corrected chi connectivity index (χ2v) is 6.05. The molecule has 2 atom stereocenters. The molecule has 0 amide bonds. The van der Waals surface area contributed by atoms with Gasteiger partial charge in [0.15, 0.2) is 0 Å². The monoisotopic (exact) mass is 261 g/mol. The zero-order chi connectivity index (χ0) is 14.4. The number of benzene rings is 1. The van der Waals surface area contributed by atoms with E-state index in [2.05, 4.69) is 59.0 Å². The molecule has 2 unspecified atom stereocenters. The molecule has 0 saturated carbocycles. The van der Waals surface area contributed by atoms with Crippen LogP contribution in [0.15, 0.2) is 12.1 Å². The highest BCUT2D eigenvalue weighted by Gasteiger charge is 2.16. The van der Waals surface area contributed by atoms with Crippen molar-refractivity contribution in [2.45, 2.75) is 66.8 Å². The molecule has 0 saturated heterocycles. The van der Waals surface area contributed by atoms with Crippen LogP contribution < -0.4 is 5.32 Å². The van der Waals surface area contributed by atoms with Crippen LogP contribution in [0.2, 0.25) is 0 Å². The molecule has 0 heterocycles. The largest absolute Gasteiger partial charge is 0.310 e. The van der Waals surface area contributed by atoms with Crippen molar-refractivity contribution in [1.82, 2.24) is 5.32 Å². The molecule has 1 heteroatoms. The molecule has 0 aliphatic carbocycles. The second kappa shape index (κ2) is 7.69. The van der Waals surface area contributed by atoms with Crippen molar-refractivity contribution in [2.75, 3.05) is 6.54 Å². The topological polar surface area (TPSA) is 12.0 Å². The Morgan fingerprint density at radius 2 is 1.63 bits per heavy atom. The quantitative estimate of drug-likeness (QED) is 0.721.